The summed E-state index contributed by atoms with van der Waals surface area (Å²) >= 11 is 0. The molecule has 2 unspecified atom stereocenters. The van der Waals surface area contributed by atoms with Crippen molar-refractivity contribution in [2.24, 2.45) is 11.8 Å². The fraction of sp³-hybridized carbons (Fsp3) is 0.636. The molecule has 0 aromatic carbocycles. The number of aromatic amines is 1. The number of hydrogen-bond acceptors (Lipinski definition) is 3. The van der Waals surface area contributed by atoms with E-state index in [1.54, 1.807) is 0 Å². The van der Waals surface area contributed by atoms with Crippen LogP contribution in [0.25, 0.3) is 0 Å². The molecule has 0 radical (unpaired) electrons. The van der Waals surface area contributed by atoms with E-state index in [1.807, 2.05) is 4.90 Å². The van der Waals surface area contributed by atoms with Crippen LogP contribution in [0, 0.1) is 11.8 Å². The van der Waals surface area contributed by atoms with Gasteiger partial charge in [0.15, 0.2) is 0 Å². The van der Waals surface area contributed by atoms with Gasteiger partial charge in [0.2, 0.25) is 0 Å². The Morgan fingerprint density at radius 1 is 1.50 bits per heavy atom. The monoisotopic (exact) mass is 222 g/mol. The molecule has 1 saturated heterocycles. The highest BCUT2D eigenvalue weighted by molar-refractivity contribution is 5.98. The molecule has 0 spiro atoms. The first-order valence-corrected chi connectivity index (χ1v) is 5.66. The molecule has 1 aromatic rings. The molecule has 1 amide bonds. The van der Waals surface area contributed by atoms with Gasteiger partial charge in [-0.25, -0.2) is 0 Å². The van der Waals surface area contributed by atoms with Crippen molar-refractivity contribution >= 4 is 11.7 Å². The van der Waals surface area contributed by atoms with Crippen LogP contribution in [0.15, 0.2) is 6.20 Å². The predicted molar refractivity (Wildman–Crippen MR) is 61.8 cm³/mol. The normalized spacial score (nSPS) is 25.8. The zero-order chi connectivity index (χ0) is 11.7. The molecule has 1 aliphatic rings. The summed E-state index contributed by atoms with van der Waals surface area (Å²) < 4.78 is 0. The minimum atomic E-state index is -0.00958. The first kappa shape index (κ1) is 11.0. The molecular formula is C11H18N4O. The number of carbonyl (C=O) groups excluding carboxylic acids is 1. The van der Waals surface area contributed by atoms with Gasteiger partial charge in [0, 0.05) is 13.1 Å². The van der Waals surface area contributed by atoms with Crippen LogP contribution in [0.4, 0.5) is 5.82 Å². The Kier molecular flexibility index (Phi) is 2.85. The van der Waals surface area contributed by atoms with Crippen LogP contribution in [0.3, 0.4) is 0 Å². The van der Waals surface area contributed by atoms with Gasteiger partial charge in [-0.3, -0.25) is 9.89 Å². The van der Waals surface area contributed by atoms with Crippen LogP contribution in [0.2, 0.25) is 0 Å². The number of likely N-dealkylation sites (tertiary alicyclic amines) is 1. The summed E-state index contributed by atoms with van der Waals surface area (Å²) in [6, 6.07) is 0. The lowest BCUT2D eigenvalue weighted by molar-refractivity contribution is 0.0624. The number of hydrogen-bond donors (Lipinski definition) is 2. The smallest absolute Gasteiger partial charge is 0.259 e. The van der Waals surface area contributed by atoms with E-state index in [4.69, 9.17) is 5.73 Å². The third-order valence-electron chi connectivity index (χ3n) is 3.06. The van der Waals surface area contributed by atoms with Crippen molar-refractivity contribution in [3.05, 3.63) is 11.8 Å². The molecule has 16 heavy (non-hydrogen) atoms. The Hall–Kier alpha value is -1.52. The van der Waals surface area contributed by atoms with Crippen LogP contribution in [0.5, 0.6) is 0 Å². The Balaban J connectivity index is 2.13. The van der Waals surface area contributed by atoms with Crippen LogP contribution < -0.4 is 5.73 Å². The lowest BCUT2D eigenvalue weighted by Crippen LogP contribution is -2.42. The van der Waals surface area contributed by atoms with Gasteiger partial charge in [0.05, 0.1) is 6.20 Å². The number of nitrogen functional groups attached to an aromatic ring is 1. The molecule has 1 fully saturated rings. The zero-order valence-corrected chi connectivity index (χ0v) is 9.73. The summed E-state index contributed by atoms with van der Waals surface area (Å²) in [4.78, 5) is 14.0. The van der Waals surface area contributed by atoms with Gasteiger partial charge >= 0.3 is 0 Å². The average Bonchev–Trinajstić information content (AvgIpc) is 2.62. The van der Waals surface area contributed by atoms with Crippen molar-refractivity contribution in [2.45, 2.75) is 20.3 Å². The summed E-state index contributed by atoms with van der Waals surface area (Å²) in [5.74, 6) is 1.46. The summed E-state index contributed by atoms with van der Waals surface area (Å²) in [6.45, 7) is 5.98. The van der Waals surface area contributed by atoms with Gasteiger partial charge in [0.25, 0.3) is 5.91 Å². The summed E-state index contributed by atoms with van der Waals surface area (Å²) in [7, 11) is 0. The first-order chi connectivity index (χ1) is 7.58. The molecule has 1 aliphatic heterocycles. The lowest BCUT2D eigenvalue weighted by Gasteiger charge is -2.34. The molecule has 88 valence electrons. The molecule has 0 bridgehead atoms. The molecule has 1 aromatic heterocycles. The van der Waals surface area contributed by atoms with E-state index < -0.39 is 0 Å². The highest BCUT2D eigenvalue weighted by atomic mass is 16.2. The minimum absolute atomic E-state index is 0.00958. The van der Waals surface area contributed by atoms with Gasteiger partial charge in [-0.1, -0.05) is 13.8 Å². The quantitative estimate of drug-likeness (QED) is 0.747. The maximum Gasteiger partial charge on any atom is 0.259 e. The Morgan fingerprint density at radius 3 is 2.62 bits per heavy atom. The van der Waals surface area contributed by atoms with Crippen LogP contribution >= 0.6 is 0 Å². The molecule has 2 rings (SSSR count). The van der Waals surface area contributed by atoms with Crippen molar-refractivity contribution in [1.29, 1.82) is 0 Å². The standard InChI is InChI=1S/C11H18N4O/c1-7-3-8(2)6-15(5-7)11(16)9-4-13-14-10(9)12/h4,7-8H,3,5-6H2,1-2H3,(H3,12,13,14). The maximum absolute atomic E-state index is 12.2. The van der Waals surface area contributed by atoms with Crippen molar-refractivity contribution < 1.29 is 4.79 Å². The van der Waals surface area contributed by atoms with E-state index in [0.29, 0.717) is 23.2 Å². The Labute approximate surface area is 95.0 Å². The number of rotatable bonds is 1. The van der Waals surface area contributed by atoms with E-state index in [9.17, 15) is 4.79 Å². The second kappa shape index (κ2) is 4.15. The average molecular weight is 222 g/mol. The van der Waals surface area contributed by atoms with Crippen molar-refractivity contribution in [3.8, 4) is 0 Å². The number of H-pyrrole nitrogens is 1. The largest absolute Gasteiger partial charge is 0.383 e. The number of amides is 1. The lowest BCUT2D eigenvalue weighted by atomic mass is 9.91. The van der Waals surface area contributed by atoms with Gasteiger partial charge in [0.1, 0.15) is 11.4 Å². The van der Waals surface area contributed by atoms with E-state index in [0.717, 1.165) is 13.1 Å². The topological polar surface area (TPSA) is 75.0 Å². The number of nitrogens with zero attached hydrogens (tertiary/aromatic N) is 2. The minimum Gasteiger partial charge on any atom is -0.383 e. The summed E-state index contributed by atoms with van der Waals surface area (Å²) in [6.07, 6.45) is 2.69. The third-order valence-corrected chi connectivity index (χ3v) is 3.06. The fourth-order valence-corrected chi connectivity index (χ4v) is 2.47. The Morgan fingerprint density at radius 2 is 2.12 bits per heavy atom. The van der Waals surface area contributed by atoms with Crippen molar-refractivity contribution in [2.75, 3.05) is 18.8 Å². The summed E-state index contributed by atoms with van der Waals surface area (Å²) in [5, 5.41) is 6.37. The molecule has 2 heterocycles. The number of nitrogens with two attached hydrogens (primary N) is 1. The van der Waals surface area contributed by atoms with E-state index >= 15 is 0 Å². The van der Waals surface area contributed by atoms with Crippen LogP contribution in [-0.2, 0) is 0 Å². The van der Waals surface area contributed by atoms with Crippen LogP contribution in [0.1, 0.15) is 30.6 Å². The van der Waals surface area contributed by atoms with Gasteiger partial charge in [-0.15, -0.1) is 0 Å². The molecule has 2 atom stereocenters. The zero-order valence-electron chi connectivity index (χ0n) is 9.73. The van der Waals surface area contributed by atoms with Gasteiger partial charge < -0.3 is 10.6 Å². The second-order valence-corrected chi connectivity index (χ2v) is 4.85. The SMILES string of the molecule is CC1CC(C)CN(C(=O)c2cn[nH]c2N)C1. The first-order valence-electron chi connectivity index (χ1n) is 5.66. The number of carbonyl (C=O) groups is 1. The molecular weight excluding hydrogens is 204 g/mol. The molecule has 5 nitrogen and oxygen atoms in total. The fourth-order valence-electron chi connectivity index (χ4n) is 2.47. The molecule has 0 saturated carbocycles. The van der Waals surface area contributed by atoms with Crippen molar-refractivity contribution in [3.63, 3.8) is 0 Å². The number of piperidine rings is 1. The molecule has 0 aliphatic carbocycles. The number of aromatic nitrogens is 2. The maximum atomic E-state index is 12.2. The van der Waals surface area contributed by atoms with E-state index in [1.165, 1.54) is 12.6 Å². The third kappa shape index (κ3) is 2.03. The van der Waals surface area contributed by atoms with Gasteiger partial charge in [-0.2, -0.15) is 5.10 Å². The molecule has 5 heteroatoms. The van der Waals surface area contributed by atoms with Crippen LogP contribution in [-0.4, -0.2) is 34.1 Å². The van der Waals surface area contributed by atoms with E-state index in [-0.39, 0.29) is 5.91 Å². The second-order valence-electron chi connectivity index (χ2n) is 4.85. The van der Waals surface area contributed by atoms with Gasteiger partial charge in [-0.05, 0) is 18.3 Å². The predicted octanol–water partition coefficient (Wildman–Crippen LogP) is 1.11. The number of anilines is 1. The Bertz CT molecular complexity index is 377. The highest BCUT2D eigenvalue weighted by Crippen LogP contribution is 2.23. The molecule has 3 N–H and O–H groups in total. The summed E-state index contributed by atoms with van der Waals surface area (Å²) in [5.41, 5.74) is 6.14. The van der Waals surface area contributed by atoms with Crippen molar-refractivity contribution in [1.82, 2.24) is 15.1 Å². The van der Waals surface area contributed by atoms with E-state index in [2.05, 4.69) is 24.0 Å². The number of nitrogens with one attached hydrogen (secondary N) is 1. The highest BCUT2D eigenvalue weighted by Gasteiger charge is 2.27.